The van der Waals surface area contributed by atoms with Crippen LogP contribution in [-0.4, -0.2) is 24.3 Å². The largest absolute Gasteiger partial charge is 0.493 e. The van der Waals surface area contributed by atoms with E-state index >= 15 is 0 Å². The van der Waals surface area contributed by atoms with Crippen LogP contribution in [0.1, 0.15) is 75.6 Å². The number of ether oxygens (including phenoxy) is 2. The number of unbranched alkanes of at least 4 members (excludes halogenated alkanes) is 6. The van der Waals surface area contributed by atoms with Crippen molar-refractivity contribution >= 4 is 5.97 Å². The first-order valence-electron chi connectivity index (χ1n) is 10.9. The van der Waals surface area contributed by atoms with Gasteiger partial charge >= 0.3 is 5.97 Å². The summed E-state index contributed by atoms with van der Waals surface area (Å²) in [5.74, 6) is 0.523. The summed E-state index contributed by atoms with van der Waals surface area (Å²) < 4.78 is 12.1. The van der Waals surface area contributed by atoms with Gasteiger partial charge in [-0.3, -0.25) is 0 Å². The molecule has 158 valence electrons. The van der Waals surface area contributed by atoms with Crippen LogP contribution in [0.3, 0.4) is 0 Å². The zero-order chi connectivity index (χ0) is 20.9. The fourth-order valence-electron chi connectivity index (χ4n) is 3.24. The number of benzene rings is 2. The Morgan fingerprint density at radius 2 is 1.34 bits per heavy atom. The Hall–Kier alpha value is -2.49. The molecule has 0 amide bonds. The van der Waals surface area contributed by atoms with E-state index in [9.17, 15) is 9.90 Å². The summed E-state index contributed by atoms with van der Waals surface area (Å²) >= 11 is 0. The van der Waals surface area contributed by atoms with Crippen molar-refractivity contribution in [2.75, 3.05) is 13.2 Å². The van der Waals surface area contributed by atoms with Crippen LogP contribution >= 0.6 is 0 Å². The molecule has 2 rings (SSSR count). The first-order valence-corrected chi connectivity index (χ1v) is 10.9. The zero-order valence-electron chi connectivity index (χ0n) is 17.8. The van der Waals surface area contributed by atoms with Crippen LogP contribution in [0.5, 0.6) is 11.5 Å². The first-order chi connectivity index (χ1) is 14.2. The van der Waals surface area contributed by atoms with Crippen molar-refractivity contribution in [2.24, 2.45) is 0 Å². The number of carboxylic acids is 1. The Bertz CT molecular complexity index is 754. The zero-order valence-corrected chi connectivity index (χ0v) is 17.8. The minimum Gasteiger partial charge on any atom is -0.493 e. The monoisotopic (exact) mass is 398 g/mol. The van der Waals surface area contributed by atoms with Crippen molar-refractivity contribution < 1.29 is 19.4 Å². The number of hydrogen-bond acceptors (Lipinski definition) is 3. The Morgan fingerprint density at radius 1 is 0.759 bits per heavy atom. The van der Waals surface area contributed by atoms with Crippen LogP contribution in [0, 0.1) is 0 Å². The molecule has 2 aromatic carbocycles. The van der Waals surface area contributed by atoms with Crippen molar-refractivity contribution in [3.05, 3.63) is 48.0 Å². The van der Waals surface area contributed by atoms with Crippen molar-refractivity contribution in [3.8, 4) is 22.6 Å². The molecule has 0 heterocycles. The van der Waals surface area contributed by atoms with Gasteiger partial charge in [0.15, 0.2) is 0 Å². The summed E-state index contributed by atoms with van der Waals surface area (Å²) in [6.45, 7) is 5.65. The third kappa shape index (κ3) is 7.45. The van der Waals surface area contributed by atoms with Crippen molar-refractivity contribution in [3.63, 3.8) is 0 Å². The molecule has 0 aliphatic rings. The lowest BCUT2D eigenvalue weighted by Gasteiger charge is -2.16. The van der Waals surface area contributed by atoms with Gasteiger partial charge in [0.1, 0.15) is 11.5 Å². The third-order valence-electron chi connectivity index (χ3n) is 4.91. The molecule has 0 spiro atoms. The van der Waals surface area contributed by atoms with Gasteiger partial charge in [0.25, 0.3) is 0 Å². The van der Waals surface area contributed by atoms with Gasteiger partial charge in [0.2, 0.25) is 0 Å². The highest BCUT2D eigenvalue weighted by molar-refractivity contribution is 5.91. The highest BCUT2D eigenvalue weighted by Crippen LogP contribution is 2.37. The smallest absolute Gasteiger partial charge is 0.335 e. The fraction of sp³-hybridized carbons (Fsp3) is 0.480. The van der Waals surface area contributed by atoms with Crippen molar-refractivity contribution in [2.45, 2.75) is 65.2 Å². The van der Waals surface area contributed by atoms with Crippen LogP contribution in [0.2, 0.25) is 0 Å². The molecule has 0 aliphatic carbocycles. The Kier molecular flexibility index (Phi) is 10.1. The standard InChI is InChI=1S/C25H34O4/c1-3-5-7-11-17-28-23-14-10-9-13-21(23)22-19-20(25(26)27)15-16-24(22)29-18-12-8-6-4-2/h9-10,13-16,19H,3-8,11-12,17-18H2,1-2H3,(H,26,27). The minimum absolute atomic E-state index is 0.246. The molecule has 0 aliphatic heterocycles. The van der Waals surface area contributed by atoms with Gasteiger partial charge in [0.05, 0.1) is 18.8 Å². The summed E-state index contributed by atoms with van der Waals surface area (Å²) in [4.78, 5) is 11.5. The number of para-hydroxylation sites is 1. The number of rotatable bonds is 14. The number of aromatic carboxylic acids is 1. The van der Waals surface area contributed by atoms with Gasteiger partial charge in [0, 0.05) is 11.1 Å². The van der Waals surface area contributed by atoms with Crippen LogP contribution in [0.15, 0.2) is 42.5 Å². The van der Waals surface area contributed by atoms with Gasteiger partial charge in [-0.2, -0.15) is 0 Å². The summed E-state index contributed by atoms with van der Waals surface area (Å²) in [5, 5.41) is 9.44. The third-order valence-corrected chi connectivity index (χ3v) is 4.91. The normalized spacial score (nSPS) is 10.7. The van der Waals surface area contributed by atoms with E-state index in [1.165, 1.54) is 25.7 Å². The molecule has 0 bridgehead atoms. The van der Waals surface area contributed by atoms with E-state index in [0.717, 1.165) is 42.6 Å². The maximum Gasteiger partial charge on any atom is 0.335 e. The second kappa shape index (κ2) is 12.9. The van der Waals surface area contributed by atoms with Crippen molar-refractivity contribution in [1.29, 1.82) is 0 Å². The summed E-state index contributed by atoms with van der Waals surface area (Å²) in [7, 11) is 0. The topological polar surface area (TPSA) is 55.8 Å². The summed E-state index contributed by atoms with van der Waals surface area (Å²) in [5.41, 5.74) is 1.88. The van der Waals surface area contributed by atoms with Gasteiger partial charge in [-0.25, -0.2) is 4.79 Å². The Labute approximate surface area is 174 Å². The molecular formula is C25H34O4. The first kappa shape index (κ1) is 22.8. The van der Waals surface area contributed by atoms with Crippen LogP contribution < -0.4 is 9.47 Å². The van der Waals surface area contributed by atoms with E-state index in [1.54, 1.807) is 18.2 Å². The average molecular weight is 399 g/mol. The maximum atomic E-state index is 11.5. The molecule has 0 saturated heterocycles. The SMILES string of the molecule is CCCCCCOc1ccccc1-c1cc(C(=O)O)ccc1OCCCCCC. The number of carboxylic acid groups (broad SMARTS) is 1. The van der Waals surface area contributed by atoms with Crippen LogP contribution in [0.25, 0.3) is 11.1 Å². The van der Waals surface area contributed by atoms with Gasteiger partial charge in [-0.15, -0.1) is 0 Å². The maximum absolute atomic E-state index is 11.5. The fourth-order valence-corrected chi connectivity index (χ4v) is 3.24. The van der Waals surface area contributed by atoms with Gasteiger partial charge in [-0.1, -0.05) is 70.6 Å². The van der Waals surface area contributed by atoms with Gasteiger partial charge in [-0.05, 0) is 37.1 Å². The van der Waals surface area contributed by atoms with E-state index in [4.69, 9.17) is 9.47 Å². The molecule has 29 heavy (non-hydrogen) atoms. The molecule has 0 aromatic heterocycles. The lowest BCUT2D eigenvalue weighted by molar-refractivity contribution is 0.0697. The second-order valence-corrected chi connectivity index (χ2v) is 7.33. The number of carbonyl (C=O) groups is 1. The van der Waals surface area contributed by atoms with E-state index in [2.05, 4.69) is 13.8 Å². The molecular weight excluding hydrogens is 364 g/mol. The number of hydrogen-bond donors (Lipinski definition) is 1. The molecule has 0 saturated carbocycles. The predicted octanol–water partition coefficient (Wildman–Crippen LogP) is 6.97. The average Bonchev–Trinajstić information content (AvgIpc) is 2.74. The quantitative estimate of drug-likeness (QED) is 0.349. The van der Waals surface area contributed by atoms with E-state index in [1.807, 2.05) is 24.3 Å². The van der Waals surface area contributed by atoms with Gasteiger partial charge < -0.3 is 14.6 Å². The van der Waals surface area contributed by atoms with E-state index in [-0.39, 0.29) is 5.56 Å². The highest BCUT2D eigenvalue weighted by atomic mass is 16.5. The lowest BCUT2D eigenvalue weighted by atomic mass is 10.0. The highest BCUT2D eigenvalue weighted by Gasteiger charge is 2.15. The Balaban J connectivity index is 2.21. The van der Waals surface area contributed by atoms with E-state index < -0.39 is 5.97 Å². The van der Waals surface area contributed by atoms with Crippen LogP contribution in [0.4, 0.5) is 0 Å². The van der Waals surface area contributed by atoms with E-state index in [0.29, 0.717) is 19.0 Å². The predicted molar refractivity (Wildman–Crippen MR) is 118 cm³/mol. The summed E-state index contributed by atoms with van der Waals surface area (Å²) in [6, 6.07) is 12.8. The van der Waals surface area contributed by atoms with Crippen LogP contribution in [-0.2, 0) is 0 Å². The minimum atomic E-state index is -0.946. The summed E-state index contributed by atoms with van der Waals surface area (Å²) in [6.07, 6.45) is 9.07. The Morgan fingerprint density at radius 3 is 1.93 bits per heavy atom. The van der Waals surface area contributed by atoms with Crippen molar-refractivity contribution in [1.82, 2.24) is 0 Å². The molecule has 0 unspecified atom stereocenters. The second-order valence-electron chi connectivity index (χ2n) is 7.33. The molecule has 0 fully saturated rings. The molecule has 2 aromatic rings. The molecule has 4 nitrogen and oxygen atoms in total. The molecule has 0 atom stereocenters. The molecule has 4 heteroatoms. The molecule has 0 radical (unpaired) electrons. The lowest BCUT2D eigenvalue weighted by Crippen LogP contribution is -2.03. The molecule has 1 N–H and O–H groups in total.